The number of carboxylic acids is 1. The molecule has 6 nitrogen and oxygen atoms in total. The van der Waals surface area contributed by atoms with E-state index >= 15 is 0 Å². The summed E-state index contributed by atoms with van der Waals surface area (Å²) in [4.78, 5) is 14.3. The molecule has 0 aliphatic carbocycles. The number of carbonyl (C=O) groups is 1. The van der Waals surface area contributed by atoms with Gasteiger partial charge >= 0.3 is 5.97 Å². The Hall–Kier alpha value is -1.34. The van der Waals surface area contributed by atoms with E-state index in [9.17, 15) is 13.2 Å². The highest BCUT2D eigenvalue weighted by Gasteiger charge is 2.19. The molecular weight excluding hydrogens is 268 g/mol. The summed E-state index contributed by atoms with van der Waals surface area (Å²) in [6.07, 6.45) is 2.00. The number of hydrogen-bond donors (Lipinski definition) is 1. The van der Waals surface area contributed by atoms with E-state index in [1.165, 1.54) is 18.3 Å². The average Bonchev–Trinajstić information content (AvgIpc) is 2.18. The molecule has 94 valence electrons. The van der Waals surface area contributed by atoms with Crippen LogP contribution in [-0.2, 0) is 14.8 Å². The molecule has 17 heavy (non-hydrogen) atoms. The molecule has 1 aromatic rings. The van der Waals surface area contributed by atoms with Crippen molar-refractivity contribution in [3.63, 3.8) is 0 Å². The van der Waals surface area contributed by atoms with Crippen LogP contribution in [0.1, 0.15) is 6.42 Å². The van der Waals surface area contributed by atoms with Crippen LogP contribution in [0.2, 0.25) is 5.02 Å². The van der Waals surface area contributed by atoms with Crippen molar-refractivity contribution in [3.05, 3.63) is 23.4 Å². The molecule has 0 saturated heterocycles. The summed E-state index contributed by atoms with van der Waals surface area (Å²) in [5.74, 6) is -0.925. The highest BCUT2D eigenvalue weighted by molar-refractivity contribution is 7.92. The molecule has 1 heterocycles. The van der Waals surface area contributed by atoms with Crippen molar-refractivity contribution in [1.82, 2.24) is 4.98 Å². The molecule has 1 rings (SSSR count). The smallest absolute Gasteiger partial charge is 0.305 e. The van der Waals surface area contributed by atoms with Gasteiger partial charge in [0.05, 0.1) is 17.7 Å². The zero-order chi connectivity index (χ0) is 13.1. The van der Waals surface area contributed by atoms with Gasteiger partial charge in [-0.25, -0.2) is 13.4 Å². The van der Waals surface area contributed by atoms with Crippen LogP contribution in [-0.4, -0.2) is 37.3 Å². The summed E-state index contributed by atoms with van der Waals surface area (Å²) >= 11 is 5.63. The largest absolute Gasteiger partial charge is 0.481 e. The normalized spacial score (nSPS) is 11.2. The molecule has 0 aliphatic rings. The summed E-state index contributed by atoms with van der Waals surface area (Å²) in [6.45, 7) is -0.164. The van der Waals surface area contributed by atoms with Crippen molar-refractivity contribution >= 4 is 33.4 Å². The van der Waals surface area contributed by atoms with Crippen molar-refractivity contribution < 1.29 is 18.3 Å². The Morgan fingerprint density at radius 1 is 1.53 bits per heavy atom. The molecule has 0 radical (unpaired) electrons. The van der Waals surface area contributed by atoms with Crippen molar-refractivity contribution in [2.24, 2.45) is 0 Å². The number of carboxylic acid groups (broad SMARTS) is 1. The Bertz CT molecular complexity index is 500. The first-order chi connectivity index (χ1) is 7.80. The Labute approximate surface area is 104 Å². The third kappa shape index (κ3) is 4.20. The second-order valence-electron chi connectivity index (χ2n) is 3.31. The van der Waals surface area contributed by atoms with Crippen LogP contribution in [0.25, 0.3) is 0 Å². The third-order valence-corrected chi connectivity index (χ3v) is 3.29. The fourth-order valence-corrected chi connectivity index (χ4v) is 2.15. The zero-order valence-electron chi connectivity index (χ0n) is 9.00. The highest BCUT2D eigenvalue weighted by atomic mass is 35.5. The Morgan fingerprint density at radius 3 is 2.59 bits per heavy atom. The van der Waals surface area contributed by atoms with Crippen molar-refractivity contribution in [3.8, 4) is 0 Å². The van der Waals surface area contributed by atoms with Gasteiger partial charge in [-0.1, -0.05) is 11.6 Å². The van der Waals surface area contributed by atoms with Crippen LogP contribution < -0.4 is 4.31 Å². The highest BCUT2D eigenvalue weighted by Crippen LogP contribution is 2.17. The number of aliphatic carboxylic acids is 1. The van der Waals surface area contributed by atoms with Crippen molar-refractivity contribution in [1.29, 1.82) is 0 Å². The van der Waals surface area contributed by atoms with Crippen LogP contribution in [0.15, 0.2) is 18.3 Å². The molecule has 0 spiro atoms. The molecule has 1 N–H and O–H groups in total. The van der Waals surface area contributed by atoms with Gasteiger partial charge in [-0.2, -0.15) is 0 Å². The number of hydrogen-bond acceptors (Lipinski definition) is 4. The van der Waals surface area contributed by atoms with E-state index in [2.05, 4.69) is 4.98 Å². The van der Waals surface area contributed by atoms with Gasteiger partial charge in [0.25, 0.3) is 0 Å². The maximum absolute atomic E-state index is 11.5. The molecular formula is C9H11ClN2O4S. The van der Waals surface area contributed by atoms with E-state index in [1.54, 1.807) is 0 Å². The second kappa shape index (κ2) is 5.33. The van der Waals surface area contributed by atoms with Crippen LogP contribution >= 0.6 is 11.6 Å². The van der Waals surface area contributed by atoms with E-state index in [0.717, 1.165) is 10.6 Å². The maximum atomic E-state index is 11.5. The SMILES string of the molecule is CS(=O)(=O)N(CCC(=O)O)c1ccc(Cl)cn1. The minimum absolute atomic E-state index is 0.151. The molecule has 0 bridgehead atoms. The van der Waals surface area contributed by atoms with E-state index < -0.39 is 16.0 Å². The topological polar surface area (TPSA) is 87.6 Å². The fraction of sp³-hybridized carbons (Fsp3) is 0.333. The van der Waals surface area contributed by atoms with Crippen LogP contribution in [0.3, 0.4) is 0 Å². The molecule has 8 heteroatoms. The summed E-state index contributed by atoms with van der Waals surface area (Å²) in [7, 11) is -3.56. The molecule has 1 aromatic heterocycles. The number of anilines is 1. The lowest BCUT2D eigenvalue weighted by Crippen LogP contribution is -2.32. The molecule has 0 fully saturated rings. The predicted molar refractivity (Wildman–Crippen MR) is 63.7 cm³/mol. The van der Waals surface area contributed by atoms with Gasteiger partial charge in [0, 0.05) is 12.7 Å². The van der Waals surface area contributed by atoms with E-state index in [-0.39, 0.29) is 18.8 Å². The Kier molecular flexibility index (Phi) is 4.30. The molecule has 0 aromatic carbocycles. The number of halogens is 1. The van der Waals surface area contributed by atoms with Crippen molar-refractivity contribution in [2.45, 2.75) is 6.42 Å². The predicted octanol–water partition coefficient (Wildman–Crippen LogP) is 0.976. The quantitative estimate of drug-likeness (QED) is 0.867. The third-order valence-electron chi connectivity index (χ3n) is 1.90. The van der Waals surface area contributed by atoms with E-state index in [0.29, 0.717) is 5.02 Å². The minimum atomic E-state index is -3.56. The van der Waals surface area contributed by atoms with Gasteiger partial charge in [-0.15, -0.1) is 0 Å². The Morgan fingerprint density at radius 2 is 2.18 bits per heavy atom. The fourth-order valence-electron chi connectivity index (χ4n) is 1.16. The lowest BCUT2D eigenvalue weighted by atomic mass is 10.4. The molecule has 0 aliphatic heterocycles. The Balaban J connectivity index is 2.98. The number of sulfonamides is 1. The molecule has 0 amide bonds. The van der Waals surface area contributed by atoms with Gasteiger partial charge < -0.3 is 5.11 Å². The van der Waals surface area contributed by atoms with Gasteiger partial charge in [0.2, 0.25) is 10.0 Å². The molecule has 0 atom stereocenters. The number of pyridine rings is 1. The van der Waals surface area contributed by atoms with E-state index in [1.807, 2.05) is 0 Å². The molecule has 0 saturated carbocycles. The van der Waals surface area contributed by atoms with Gasteiger partial charge in [0.15, 0.2) is 0 Å². The van der Waals surface area contributed by atoms with Crippen molar-refractivity contribution in [2.75, 3.05) is 17.1 Å². The first-order valence-electron chi connectivity index (χ1n) is 4.62. The summed E-state index contributed by atoms with van der Waals surface area (Å²) in [5, 5.41) is 8.93. The van der Waals surface area contributed by atoms with Gasteiger partial charge in [-0.3, -0.25) is 9.10 Å². The lowest BCUT2D eigenvalue weighted by Gasteiger charge is -2.20. The standard InChI is InChI=1S/C9H11ClN2O4S/c1-17(15,16)12(5-4-9(13)14)8-3-2-7(10)6-11-8/h2-3,6H,4-5H2,1H3,(H,13,14). The monoisotopic (exact) mass is 278 g/mol. The maximum Gasteiger partial charge on any atom is 0.305 e. The lowest BCUT2D eigenvalue weighted by molar-refractivity contribution is -0.136. The van der Waals surface area contributed by atoms with Gasteiger partial charge in [-0.05, 0) is 12.1 Å². The second-order valence-corrected chi connectivity index (χ2v) is 5.66. The molecule has 0 unspecified atom stereocenters. The number of rotatable bonds is 5. The summed E-state index contributed by atoms with van der Waals surface area (Å²) in [6, 6.07) is 2.91. The van der Waals surface area contributed by atoms with Crippen LogP contribution in [0, 0.1) is 0 Å². The zero-order valence-corrected chi connectivity index (χ0v) is 10.6. The minimum Gasteiger partial charge on any atom is -0.481 e. The first kappa shape index (κ1) is 13.7. The number of aromatic nitrogens is 1. The van der Waals surface area contributed by atoms with Gasteiger partial charge in [0.1, 0.15) is 5.82 Å². The summed E-state index contributed by atoms with van der Waals surface area (Å²) in [5.41, 5.74) is 0. The first-order valence-corrected chi connectivity index (χ1v) is 6.84. The van der Waals surface area contributed by atoms with Crippen LogP contribution in [0.5, 0.6) is 0 Å². The number of nitrogens with zero attached hydrogens (tertiary/aromatic N) is 2. The average molecular weight is 279 g/mol. The van der Waals surface area contributed by atoms with Crippen LogP contribution in [0.4, 0.5) is 5.82 Å². The summed E-state index contributed by atoms with van der Waals surface area (Å²) < 4.78 is 23.9. The van der Waals surface area contributed by atoms with E-state index in [4.69, 9.17) is 16.7 Å².